The normalized spacial score (nSPS) is 15.4. The molecule has 2 amide bonds. The molecule has 4 heteroatoms. The van der Waals surface area contributed by atoms with Gasteiger partial charge in [0.05, 0.1) is 0 Å². The zero-order valence-electron chi connectivity index (χ0n) is 15.4. The van der Waals surface area contributed by atoms with E-state index in [9.17, 15) is 9.59 Å². The Morgan fingerprint density at radius 1 is 1.21 bits per heavy atom. The predicted octanol–water partition coefficient (Wildman–Crippen LogP) is 4.24. The molecule has 1 aliphatic carbocycles. The number of hydrogen-bond donors (Lipinski definition) is 1. The van der Waals surface area contributed by atoms with Gasteiger partial charge in [0.25, 0.3) is 0 Å². The number of carbonyl (C=O) groups excluding carboxylic acids is 2. The zero-order chi connectivity index (χ0) is 17.7. The van der Waals surface area contributed by atoms with Crippen molar-refractivity contribution in [1.29, 1.82) is 0 Å². The van der Waals surface area contributed by atoms with Gasteiger partial charge in [-0.3, -0.25) is 9.59 Å². The number of amides is 2. The SMILES string of the molecule is CC(=O)N(CC(=O)Nc1c(C)cccc1C(C)C)C1CCCCC1. The van der Waals surface area contributed by atoms with Gasteiger partial charge in [-0.15, -0.1) is 0 Å². The zero-order valence-corrected chi connectivity index (χ0v) is 15.4. The lowest BCUT2D eigenvalue weighted by Gasteiger charge is -2.33. The van der Waals surface area contributed by atoms with E-state index in [-0.39, 0.29) is 24.4 Å². The van der Waals surface area contributed by atoms with Crippen LogP contribution in [0.25, 0.3) is 0 Å². The van der Waals surface area contributed by atoms with Crippen molar-refractivity contribution in [2.24, 2.45) is 0 Å². The molecule has 132 valence electrons. The molecule has 1 aromatic rings. The van der Waals surface area contributed by atoms with Gasteiger partial charge in [-0.25, -0.2) is 0 Å². The summed E-state index contributed by atoms with van der Waals surface area (Å²) in [5.41, 5.74) is 3.08. The van der Waals surface area contributed by atoms with Gasteiger partial charge < -0.3 is 10.2 Å². The molecule has 0 bridgehead atoms. The van der Waals surface area contributed by atoms with Crippen LogP contribution in [-0.4, -0.2) is 29.3 Å². The first-order chi connectivity index (χ1) is 11.4. The number of hydrogen-bond acceptors (Lipinski definition) is 2. The number of carbonyl (C=O) groups is 2. The van der Waals surface area contributed by atoms with Crippen LogP contribution >= 0.6 is 0 Å². The number of nitrogens with one attached hydrogen (secondary N) is 1. The highest BCUT2D eigenvalue weighted by Crippen LogP contribution is 2.28. The third-order valence-corrected chi connectivity index (χ3v) is 4.93. The van der Waals surface area contributed by atoms with E-state index in [1.54, 1.807) is 11.8 Å². The van der Waals surface area contributed by atoms with E-state index < -0.39 is 0 Å². The molecule has 24 heavy (non-hydrogen) atoms. The van der Waals surface area contributed by atoms with Crippen LogP contribution in [0.1, 0.15) is 69.9 Å². The lowest BCUT2D eigenvalue weighted by Crippen LogP contribution is -2.44. The Balaban J connectivity index is 2.10. The minimum absolute atomic E-state index is 0.00841. The van der Waals surface area contributed by atoms with Crippen LogP contribution in [0.4, 0.5) is 5.69 Å². The minimum Gasteiger partial charge on any atom is -0.331 e. The number of aryl methyl sites for hydroxylation is 1. The Morgan fingerprint density at radius 3 is 2.46 bits per heavy atom. The van der Waals surface area contributed by atoms with Crippen LogP contribution in [0, 0.1) is 6.92 Å². The van der Waals surface area contributed by atoms with Crippen LogP contribution < -0.4 is 5.32 Å². The molecule has 1 aliphatic rings. The molecule has 2 rings (SSSR count). The Bertz CT molecular complexity index is 589. The van der Waals surface area contributed by atoms with Gasteiger partial charge in [0.1, 0.15) is 6.54 Å². The van der Waals surface area contributed by atoms with E-state index >= 15 is 0 Å². The molecule has 1 saturated carbocycles. The summed E-state index contributed by atoms with van der Waals surface area (Å²) in [7, 11) is 0. The lowest BCUT2D eigenvalue weighted by atomic mass is 9.94. The standard InChI is InChI=1S/C20H30N2O2/c1-14(2)18-12-8-9-15(3)20(18)21-19(24)13-22(16(4)23)17-10-6-5-7-11-17/h8-9,12,14,17H,5-7,10-11,13H2,1-4H3,(H,21,24). The van der Waals surface area contributed by atoms with Crippen molar-refractivity contribution in [2.75, 3.05) is 11.9 Å². The fraction of sp³-hybridized carbons (Fsp3) is 0.600. The number of nitrogens with zero attached hydrogens (tertiary/aromatic N) is 1. The van der Waals surface area contributed by atoms with Gasteiger partial charge in [-0.2, -0.15) is 0 Å². The molecular formula is C20H30N2O2. The second kappa shape index (κ2) is 8.32. The van der Waals surface area contributed by atoms with E-state index in [2.05, 4.69) is 25.2 Å². The molecule has 0 atom stereocenters. The van der Waals surface area contributed by atoms with Gasteiger partial charge in [-0.1, -0.05) is 51.3 Å². The average Bonchev–Trinajstić information content (AvgIpc) is 2.54. The molecule has 1 N–H and O–H groups in total. The molecule has 0 aliphatic heterocycles. The minimum atomic E-state index is -0.105. The summed E-state index contributed by atoms with van der Waals surface area (Å²) in [5.74, 6) is 0.223. The van der Waals surface area contributed by atoms with Gasteiger partial charge >= 0.3 is 0 Å². The van der Waals surface area contributed by atoms with E-state index in [0.717, 1.165) is 42.5 Å². The summed E-state index contributed by atoms with van der Waals surface area (Å²) < 4.78 is 0. The quantitative estimate of drug-likeness (QED) is 0.878. The first-order valence-corrected chi connectivity index (χ1v) is 9.06. The fourth-order valence-corrected chi connectivity index (χ4v) is 3.57. The maximum absolute atomic E-state index is 12.6. The monoisotopic (exact) mass is 330 g/mol. The van der Waals surface area contributed by atoms with Gasteiger partial charge in [0, 0.05) is 18.7 Å². The average molecular weight is 330 g/mol. The van der Waals surface area contributed by atoms with Crippen LogP contribution in [0.2, 0.25) is 0 Å². The maximum Gasteiger partial charge on any atom is 0.244 e. The molecule has 0 spiro atoms. The van der Waals surface area contributed by atoms with E-state index in [0.29, 0.717) is 5.92 Å². The summed E-state index contributed by atoms with van der Waals surface area (Å²) >= 11 is 0. The molecule has 4 nitrogen and oxygen atoms in total. The van der Waals surface area contributed by atoms with Crippen LogP contribution in [0.15, 0.2) is 18.2 Å². The maximum atomic E-state index is 12.6. The third-order valence-electron chi connectivity index (χ3n) is 4.93. The summed E-state index contributed by atoms with van der Waals surface area (Å²) in [4.78, 5) is 26.4. The van der Waals surface area contributed by atoms with Crippen molar-refractivity contribution in [2.45, 2.75) is 71.8 Å². The molecule has 0 aromatic heterocycles. The Kier molecular flexibility index (Phi) is 6.41. The second-order valence-corrected chi connectivity index (χ2v) is 7.18. The number of para-hydroxylation sites is 1. The second-order valence-electron chi connectivity index (χ2n) is 7.18. The molecule has 0 radical (unpaired) electrons. The highest BCUT2D eigenvalue weighted by molar-refractivity contribution is 5.95. The Labute approximate surface area is 145 Å². The highest BCUT2D eigenvalue weighted by atomic mass is 16.2. The van der Waals surface area contributed by atoms with Gasteiger partial charge in [-0.05, 0) is 36.8 Å². The van der Waals surface area contributed by atoms with Crippen molar-refractivity contribution in [3.8, 4) is 0 Å². The van der Waals surface area contributed by atoms with Crippen molar-refractivity contribution in [3.05, 3.63) is 29.3 Å². The summed E-state index contributed by atoms with van der Waals surface area (Å²) in [6.45, 7) is 7.95. The number of rotatable bonds is 5. The van der Waals surface area contributed by atoms with E-state index in [4.69, 9.17) is 0 Å². The number of anilines is 1. The molecule has 0 heterocycles. The van der Waals surface area contributed by atoms with Crippen molar-refractivity contribution < 1.29 is 9.59 Å². The van der Waals surface area contributed by atoms with Gasteiger partial charge in [0.15, 0.2) is 0 Å². The van der Waals surface area contributed by atoms with Gasteiger partial charge in [0.2, 0.25) is 11.8 Å². The van der Waals surface area contributed by atoms with E-state index in [1.165, 1.54) is 6.42 Å². The first kappa shape index (κ1) is 18.5. The molecule has 0 saturated heterocycles. The summed E-state index contributed by atoms with van der Waals surface area (Å²) in [6.07, 6.45) is 5.54. The highest BCUT2D eigenvalue weighted by Gasteiger charge is 2.25. The topological polar surface area (TPSA) is 49.4 Å². The van der Waals surface area contributed by atoms with Crippen LogP contribution in [0.5, 0.6) is 0 Å². The van der Waals surface area contributed by atoms with Crippen molar-refractivity contribution >= 4 is 17.5 Å². The summed E-state index contributed by atoms with van der Waals surface area (Å²) in [5, 5.41) is 3.05. The van der Waals surface area contributed by atoms with Crippen molar-refractivity contribution in [3.63, 3.8) is 0 Å². The molecule has 1 aromatic carbocycles. The van der Waals surface area contributed by atoms with Crippen LogP contribution in [-0.2, 0) is 9.59 Å². The Morgan fingerprint density at radius 2 is 1.88 bits per heavy atom. The third kappa shape index (κ3) is 4.59. The summed E-state index contributed by atoms with van der Waals surface area (Å²) in [6, 6.07) is 6.29. The predicted molar refractivity (Wildman–Crippen MR) is 98.2 cm³/mol. The molecule has 1 fully saturated rings. The molecular weight excluding hydrogens is 300 g/mol. The lowest BCUT2D eigenvalue weighted by molar-refractivity contribution is -0.135. The number of benzene rings is 1. The Hall–Kier alpha value is -1.84. The van der Waals surface area contributed by atoms with Crippen molar-refractivity contribution in [1.82, 2.24) is 4.90 Å². The molecule has 0 unspecified atom stereocenters. The first-order valence-electron chi connectivity index (χ1n) is 9.06. The fourth-order valence-electron chi connectivity index (χ4n) is 3.57. The van der Waals surface area contributed by atoms with Crippen LogP contribution in [0.3, 0.4) is 0 Å². The van der Waals surface area contributed by atoms with E-state index in [1.807, 2.05) is 19.1 Å². The largest absolute Gasteiger partial charge is 0.331 e. The smallest absolute Gasteiger partial charge is 0.244 e.